The molecule has 3 N–H and O–H groups in total. The second-order valence-electron chi connectivity index (χ2n) is 5.13. The largest absolute Gasteiger partial charge is 0.496 e. The average molecular weight is 456 g/mol. The Labute approximate surface area is 163 Å². The average Bonchev–Trinajstić information content (AvgIpc) is 2.59. The van der Waals surface area contributed by atoms with Crippen LogP contribution in [0, 0.1) is 10.1 Å². The van der Waals surface area contributed by atoms with E-state index in [4.69, 9.17) is 10.5 Å². The Hall–Kier alpha value is -2.36. The second-order valence-corrected chi connectivity index (χ2v) is 5.13. The molecular weight excluding hydrogens is 435 g/mol. The van der Waals surface area contributed by atoms with Crippen LogP contribution in [-0.4, -0.2) is 18.0 Å². The minimum atomic E-state index is -0.454. The molecule has 0 saturated carbocycles. The highest BCUT2D eigenvalue weighted by Crippen LogP contribution is 2.24. The van der Waals surface area contributed by atoms with Crippen molar-refractivity contribution in [2.75, 3.05) is 12.4 Å². The fourth-order valence-electron chi connectivity index (χ4n) is 2.23. The lowest BCUT2D eigenvalue weighted by Crippen LogP contribution is -2.22. The van der Waals surface area contributed by atoms with Gasteiger partial charge in [0.1, 0.15) is 5.75 Å². The van der Waals surface area contributed by atoms with Gasteiger partial charge in [-0.15, -0.1) is 24.0 Å². The van der Waals surface area contributed by atoms with Gasteiger partial charge in [0.15, 0.2) is 5.96 Å². The van der Waals surface area contributed by atoms with E-state index >= 15 is 0 Å². The molecule has 25 heavy (non-hydrogen) atoms. The maximum Gasteiger partial charge on any atom is 0.270 e. The molecule has 0 fully saturated rings. The minimum Gasteiger partial charge on any atom is -0.496 e. The fourth-order valence-corrected chi connectivity index (χ4v) is 2.23. The number of guanidine groups is 1. The molecule has 0 radical (unpaired) electrons. The fraction of sp³-hybridized carbons (Fsp3) is 0.235. The van der Waals surface area contributed by atoms with Crippen LogP contribution in [0.15, 0.2) is 47.5 Å². The number of nitro groups is 1. The smallest absolute Gasteiger partial charge is 0.270 e. The van der Waals surface area contributed by atoms with Crippen LogP contribution in [0.2, 0.25) is 0 Å². The van der Waals surface area contributed by atoms with E-state index in [0.717, 1.165) is 12.1 Å². The zero-order valence-electron chi connectivity index (χ0n) is 14.1. The van der Waals surface area contributed by atoms with Gasteiger partial charge >= 0.3 is 0 Å². The number of non-ortho nitro benzene ring substituents is 1. The van der Waals surface area contributed by atoms with Crippen molar-refractivity contribution in [1.82, 2.24) is 0 Å². The van der Waals surface area contributed by atoms with Crippen LogP contribution >= 0.6 is 24.0 Å². The number of aliphatic imine (C=N–C) groups is 1. The predicted molar refractivity (Wildman–Crippen MR) is 110 cm³/mol. The van der Waals surface area contributed by atoms with Gasteiger partial charge in [0.25, 0.3) is 5.69 Å². The zero-order chi connectivity index (χ0) is 17.5. The van der Waals surface area contributed by atoms with E-state index in [-0.39, 0.29) is 42.2 Å². The van der Waals surface area contributed by atoms with Gasteiger partial charge in [0.2, 0.25) is 0 Å². The first-order valence-electron chi connectivity index (χ1n) is 7.50. The van der Waals surface area contributed by atoms with Crippen molar-refractivity contribution < 1.29 is 9.66 Å². The molecule has 0 saturated heterocycles. The van der Waals surface area contributed by atoms with E-state index in [9.17, 15) is 10.1 Å². The summed E-state index contributed by atoms with van der Waals surface area (Å²) in [6.45, 7) is 2.25. The highest BCUT2D eigenvalue weighted by Gasteiger charge is 2.11. The highest BCUT2D eigenvalue weighted by atomic mass is 127. The van der Waals surface area contributed by atoms with E-state index in [1.807, 2.05) is 24.3 Å². The predicted octanol–water partition coefficient (Wildman–Crippen LogP) is 3.71. The van der Waals surface area contributed by atoms with Crippen molar-refractivity contribution in [3.63, 3.8) is 0 Å². The second kappa shape index (κ2) is 9.82. The Kier molecular flexibility index (Phi) is 8.12. The summed E-state index contributed by atoms with van der Waals surface area (Å²) < 4.78 is 5.21. The topological polar surface area (TPSA) is 103 Å². The Morgan fingerprint density at radius 3 is 2.72 bits per heavy atom. The van der Waals surface area contributed by atoms with Crippen LogP contribution in [0.1, 0.15) is 18.1 Å². The van der Waals surface area contributed by atoms with Gasteiger partial charge in [-0.05, 0) is 30.2 Å². The molecule has 134 valence electrons. The van der Waals surface area contributed by atoms with Crippen LogP contribution in [-0.2, 0) is 13.0 Å². The maximum absolute atomic E-state index is 10.9. The third-order valence-electron chi connectivity index (χ3n) is 3.50. The third kappa shape index (κ3) is 5.89. The first-order chi connectivity index (χ1) is 11.5. The molecule has 0 bridgehead atoms. The SMILES string of the molecule is CCc1cccc(NC(N)=NCc2cc([N+](=O)[O-])ccc2OC)c1.I. The van der Waals surface area contributed by atoms with E-state index in [1.165, 1.54) is 24.8 Å². The zero-order valence-corrected chi connectivity index (χ0v) is 16.4. The van der Waals surface area contributed by atoms with Gasteiger partial charge in [-0.1, -0.05) is 19.1 Å². The first-order valence-corrected chi connectivity index (χ1v) is 7.50. The molecule has 0 aliphatic rings. The molecule has 0 amide bonds. The van der Waals surface area contributed by atoms with Gasteiger partial charge in [0.05, 0.1) is 18.6 Å². The molecule has 0 unspecified atom stereocenters. The van der Waals surface area contributed by atoms with Crippen molar-refractivity contribution in [1.29, 1.82) is 0 Å². The van der Waals surface area contributed by atoms with Crippen LogP contribution in [0.4, 0.5) is 11.4 Å². The third-order valence-corrected chi connectivity index (χ3v) is 3.50. The lowest BCUT2D eigenvalue weighted by molar-refractivity contribution is -0.384. The molecule has 7 nitrogen and oxygen atoms in total. The standard InChI is InChI=1S/C17H20N4O3.HI/c1-3-12-5-4-6-14(9-12)20-17(18)19-11-13-10-15(21(22)23)7-8-16(13)24-2;/h4-10H,3,11H2,1-2H3,(H3,18,19,20);1H. The number of hydrogen-bond donors (Lipinski definition) is 2. The molecule has 0 atom stereocenters. The number of nitrogens with two attached hydrogens (primary N) is 1. The number of aryl methyl sites for hydroxylation is 1. The summed E-state index contributed by atoms with van der Waals surface area (Å²) in [5, 5.41) is 13.9. The summed E-state index contributed by atoms with van der Waals surface area (Å²) in [7, 11) is 1.51. The molecule has 0 aliphatic carbocycles. The van der Waals surface area contributed by atoms with Crippen molar-refractivity contribution in [3.05, 3.63) is 63.7 Å². The molecule has 0 spiro atoms. The van der Waals surface area contributed by atoms with Crippen molar-refractivity contribution in [2.24, 2.45) is 10.7 Å². The highest BCUT2D eigenvalue weighted by molar-refractivity contribution is 14.0. The number of nitrogens with zero attached hydrogens (tertiary/aromatic N) is 2. The van der Waals surface area contributed by atoms with E-state index < -0.39 is 4.92 Å². The van der Waals surface area contributed by atoms with E-state index in [0.29, 0.717) is 11.3 Å². The summed E-state index contributed by atoms with van der Waals surface area (Å²) in [6, 6.07) is 12.3. The normalized spacial score (nSPS) is 10.7. The van der Waals surface area contributed by atoms with Crippen LogP contribution in [0.5, 0.6) is 5.75 Å². The number of ether oxygens (including phenoxy) is 1. The molecule has 0 heterocycles. The van der Waals surface area contributed by atoms with E-state index in [2.05, 4.69) is 17.2 Å². The maximum atomic E-state index is 10.9. The molecular formula is C17H21IN4O3. The Morgan fingerprint density at radius 2 is 2.08 bits per heavy atom. The Morgan fingerprint density at radius 1 is 1.32 bits per heavy atom. The summed E-state index contributed by atoms with van der Waals surface area (Å²) in [5.41, 5.74) is 8.52. The summed E-state index contributed by atoms with van der Waals surface area (Å²) in [6.07, 6.45) is 0.928. The molecule has 2 aromatic rings. The number of nitro benzene ring substituents is 1. The number of benzene rings is 2. The number of methoxy groups -OCH3 is 1. The Bertz CT molecular complexity index is 765. The van der Waals surface area contributed by atoms with E-state index in [1.54, 1.807) is 6.07 Å². The molecule has 0 aliphatic heterocycles. The molecule has 2 rings (SSSR count). The molecule has 8 heteroatoms. The monoisotopic (exact) mass is 456 g/mol. The number of anilines is 1. The number of rotatable bonds is 6. The van der Waals surface area contributed by atoms with Crippen molar-refractivity contribution in [3.8, 4) is 5.75 Å². The van der Waals surface area contributed by atoms with Crippen molar-refractivity contribution >= 4 is 41.3 Å². The number of hydrogen-bond acceptors (Lipinski definition) is 4. The quantitative estimate of drug-likeness (QED) is 0.227. The first kappa shape index (κ1) is 20.7. The van der Waals surface area contributed by atoms with Crippen molar-refractivity contribution in [2.45, 2.75) is 19.9 Å². The lowest BCUT2D eigenvalue weighted by atomic mass is 10.1. The summed E-state index contributed by atoms with van der Waals surface area (Å²) in [5.74, 6) is 0.766. The summed E-state index contributed by atoms with van der Waals surface area (Å²) >= 11 is 0. The van der Waals surface area contributed by atoms with Crippen LogP contribution in [0.25, 0.3) is 0 Å². The van der Waals surface area contributed by atoms with Gasteiger partial charge in [-0.25, -0.2) is 4.99 Å². The van der Waals surface area contributed by atoms with Crippen LogP contribution in [0.3, 0.4) is 0 Å². The van der Waals surface area contributed by atoms with Gasteiger partial charge in [-0.2, -0.15) is 0 Å². The lowest BCUT2D eigenvalue weighted by Gasteiger charge is -2.09. The molecule has 0 aromatic heterocycles. The van der Waals surface area contributed by atoms with Crippen LogP contribution < -0.4 is 15.8 Å². The Balaban J connectivity index is 0.00000312. The van der Waals surface area contributed by atoms with Gasteiger partial charge in [-0.3, -0.25) is 10.1 Å². The minimum absolute atomic E-state index is 0. The van der Waals surface area contributed by atoms with Gasteiger partial charge < -0.3 is 15.8 Å². The number of halogens is 1. The number of nitrogens with one attached hydrogen (secondary N) is 1. The summed E-state index contributed by atoms with van der Waals surface area (Å²) in [4.78, 5) is 14.7. The molecule has 2 aromatic carbocycles. The van der Waals surface area contributed by atoms with Gasteiger partial charge in [0, 0.05) is 23.4 Å².